The highest BCUT2D eigenvalue weighted by Gasteiger charge is 2.15. The van der Waals surface area contributed by atoms with Crippen LogP contribution in [0.5, 0.6) is 5.75 Å². The molecule has 20 heavy (non-hydrogen) atoms. The Morgan fingerprint density at radius 3 is 2.70 bits per heavy atom. The Hall–Kier alpha value is -1.40. The summed E-state index contributed by atoms with van der Waals surface area (Å²) in [7, 11) is 1.61. The molecule has 1 N–H and O–H groups in total. The number of benzene rings is 1. The molecule has 0 fully saturated rings. The second-order valence-corrected chi connectivity index (χ2v) is 6.36. The fourth-order valence-electron chi connectivity index (χ4n) is 1.62. The molecule has 0 aliphatic heterocycles. The number of rotatable bonds is 4. The number of halogens is 1. The van der Waals surface area contributed by atoms with E-state index in [1.165, 1.54) is 0 Å². The van der Waals surface area contributed by atoms with E-state index >= 15 is 0 Å². The van der Waals surface area contributed by atoms with Gasteiger partial charge in [-0.25, -0.2) is 0 Å². The van der Waals surface area contributed by atoms with Crippen molar-refractivity contribution in [2.75, 3.05) is 7.11 Å². The van der Waals surface area contributed by atoms with Gasteiger partial charge in [0.25, 0.3) is 5.89 Å². The van der Waals surface area contributed by atoms with E-state index in [0.717, 1.165) is 10.0 Å². The zero-order chi connectivity index (χ0) is 14.8. The van der Waals surface area contributed by atoms with Crippen LogP contribution in [0.3, 0.4) is 0 Å². The van der Waals surface area contributed by atoms with Crippen molar-refractivity contribution in [2.45, 2.75) is 32.9 Å². The van der Waals surface area contributed by atoms with Crippen molar-refractivity contribution in [3.05, 3.63) is 28.6 Å². The molecule has 0 spiro atoms. The summed E-state index contributed by atoms with van der Waals surface area (Å²) in [4.78, 5) is 0. The van der Waals surface area contributed by atoms with Crippen LogP contribution >= 0.6 is 15.9 Å². The first-order valence-electron chi connectivity index (χ1n) is 6.30. The van der Waals surface area contributed by atoms with Gasteiger partial charge in [0, 0.05) is 10.0 Å². The van der Waals surface area contributed by atoms with Gasteiger partial charge in [-0.2, -0.15) is 0 Å². The summed E-state index contributed by atoms with van der Waals surface area (Å²) in [6.45, 7) is 6.79. The normalized spacial score (nSPS) is 11.7. The minimum Gasteiger partial charge on any atom is -0.496 e. The Morgan fingerprint density at radius 2 is 2.05 bits per heavy atom. The molecule has 0 unspecified atom stereocenters. The Morgan fingerprint density at radius 1 is 1.30 bits per heavy atom. The minimum absolute atomic E-state index is 0.00390. The zero-order valence-electron chi connectivity index (χ0n) is 12.0. The molecule has 2 rings (SSSR count). The molecule has 0 bridgehead atoms. The Balaban J connectivity index is 2.20. The quantitative estimate of drug-likeness (QED) is 0.924. The van der Waals surface area contributed by atoms with E-state index in [9.17, 15) is 0 Å². The van der Waals surface area contributed by atoms with Crippen LogP contribution in [0.15, 0.2) is 27.1 Å². The van der Waals surface area contributed by atoms with E-state index in [1.807, 2.05) is 18.2 Å². The van der Waals surface area contributed by atoms with Crippen LogP contribution in [0, 0.1) is 0 Å². The molecule has 108 valence electrons. The van der Waals surface area contributed by atoms with Crippen molar-refractivity contribution in [2.24, 2.45) is 0 Å². The summed E-state index contributed by atoms with van der Waals surface area (Å²) in [6, 6.07) is 5.67. The highest BCUT2D eigenvalue weighted by Crippen LogP contribution is 2.31. The van der Waals surface area contributed by atoms with E-state index < -0.39 is 0 Å². The Labute approximate surface area is 126 Å². The minimum atomic E-state index is 0.00390. The zero-order valence-corrected chi connectivity index (χ0v) is 13.6. The van der Waals surface area contributed by atoms with Gasteiger partial charge in [-0.15, -0.1) is 10.2 Å². The lowest BCUT2D eigenvalue weighted by Crippen LogP contribution is -2.35. The molecule has 0 atom stereocenters. The first-order valence-corrected chi connectivity index (χ1v) is 7.09. The molecule has 0 aliphatic rings. The standard InChI is InChI=1S/C14H18BrN3O2/c1-14(2,3)16-8-12-17-18-13(20-12)10-6-5-9(15)7-11(10)19-4/h5-7,16H,8H2,1-4H3. The topological polar surface area (TPSA) is 60.2 Å². The first kappa shape index (κ1) is 15.0. The molecule has 5 nitrogen and oxygen atoms in total. The second kappa shape index (κ2) is 5.93. The van der Waals surface area contributed by atoms with Crippen LogP contribution in [0.2, 0.25) is 0 Å². The maximum absolute atomic E-state index is 5.67. The van der Waals surface area contributed by atoms with Crippen molar-refractivity contribution < 1.29 is 9.15 Å². The summed E-state index contributed by atoms with van der Waals surface area (Å²) in [6.07, 6.45) is 0. The lowest BCUT2D eigenvalue weighted by Gasteiger charge is -2.18. The average Bonchev–Trinajstić information content (AvgIpc) is 2.84. The molecule has 0 saturated carbocycles. The van der Waals surface area contributed by atoms with E-state index in [2.05, 4.69) is 52.2 Å². The second-order valence-electron chi connectivity index (χ2n) is 5.45. The molecule has 0 amide bonds. The van der Waals surface area contributed by atoms with E-state index in [0.29, 0.717) is 24.1 Å². The molecule has 0 saturated heterocycles. The van der Waals surface area contributed by atoms with Crippen molar-refractivity contribution in [1.29, 1.82) is 0 Å². The van der Waals surface area contributed by atoms with E-state index in [-0.39, 0.29) is 5.54 Å². The molecule has 2 aromatic rings. The predicted octanol–water partition coefficient (Wildman–Crippen LogP) is 3.40. The maximum Gasteiger partial charge on any atom is 0.251 e. The summed E-state index contributed by atoms with van der Waals surface area (Å²) in [5, 5.41) is 11.4. The summed E-state index contributed by atoms with van der Waals surface area (Å²) in [5.74, 6) is 1.71. The van der Waals surface area contributed by atoms with E-state index in [1.54, 1.807) is 7.11 Å². The monoisotopic (exact) mass is 339 g/mol. The number of hydrogen-bond acceptors (Lipinski definition) is 5. The number of ether oxygens (including phenoxy) is 1. The van der Waals surface area contributed by atoms with Gasteiger partial charge in [-0.05, 0) is 39.0 Å². The molecule has 0 radical (unpaired) electrons. The van der Waals surface area contributed by atoms with Gasteiger partial charge in [0.15, 0.2) is 0 Å². The Bertz CT molecular complexity index is 590. The van der Waals surface area contributed by atoms with Crippen LogP contribution in [0.4, 0.5) is 0 Å². The Kier molecular flexibility index (Phi) is 4.45. The van der Waals surface area contributed by atoms with Gasteiger partial charge in [-0.3, -0.25) is 0 Å². The fourth-order valence-corrected chi connectivity index (χ4v) is 1.96. The van der Waals surface area contributed by atoms with Crippen LogP contribution < -0.4 is 10.1 Å². The molecular formula is C14H18BrN3O2. The lowest BCUT2D eigenvalue weighted by molar-refractivity contribution is 0.382. The number of hydrogen-bond donors (Lipinski definition) is 1. The predicted molar refractivity (Wildman–Crippen MR) is 80.6 cm³/mol. The van der Waals surface area contributed by atoms with Gasteiger partial charge in [0.2, 0.25) is 5.89 Å². The average molecular weight is 340 g/mol. The number of methoxy groups -OCH3 is 1. The maximum atomic E-state index is 5.67. The third-order valence-electron chi connectivity index (χ3n) is 2.63. The smallest absolute Gasteiger partial charge is 0.251 e. The first-order chi connectivity index (χ1) is 9.39. The van der Waals surface area contributed by atoms with Crippen LogP contribution in [-0.2, 0) is 6.54 Å². The van der Waals surface area contributed by atoms with Crippen molar-refractivity contribution >= 4 is 15.9 Å². The van der Waals surface area contributed by atoms with Gasteiger partial charge in [0.1, 0.15) is 5.75 Å². The molecule has 1 aromatic carbocycles. The number of aromatic nitrogens is 2. The van der Waals surface area contributed by atoms with Crippen molar-refractivity contribution in [1.82, 2.24) is 15.5 Å². The summed E-state index contributed by atoms with van der Waals surface area (Å²) >= 11 is 3.40. The summed E-state index contributed by atoms with van der Waals surface area (Å²) < 4.78 is 11.9. The number of nitrogens with one attached hydrogen (secondary N) is 1. The highest BCUT2D eigenvalue weighted by molar-refractivity contribution is 9.10. The van der Waals surface area contributed by atoms with Crippen LogP contribution in [-0.4, -0.2) is 22.8 Å². The SMILES string of the molecule is COc1cc(Br)ccc1-c1nnc(CNC(C)(C)C)o1. The summed E-state index contributed by atoms with van der Waals surface area (Å²) in [5.41, 5.74) is 0.787. The highest BCUT2D eigenvalue weighted by atomic mass is 79.9. The van der Waals surface area contributed by atoms with Gasteiger partial charge in [-0.1, -0.05) is 15.9 Å². The molecule has 1 aromatic heterocycles. The number of nitrogens with zero attached hydrogens (tertiary/aromatic N) is 2. The van der Waals surface area contributed by atoms with Gasteiger partial charge in [0.05, 0.1) is 19.2 Å². The third-order valence-corrected chi connectivity index (χ3v) is 3.12. The van der Waals surface area contributed by atoms with Gasteiger partial charge < -0.3 is 14.5 Å². The molecule has 0 aliphatic carbocycles. The molecule has 1 heterocycles. The lowest BCUT2D eigenvalue weighted by atomic mass is 10.1. The van der Waals surface area contributed by atoms with Crippen LogP contribution in [0.25, 0.3) is 11.5 Å². The molecule has 6 heteroatoms. The van der Waals surface area contributed by atoms with E-state index in [4.69, 9.17) is 9.15 Å². The largest absolute Gasteiger partial charge is 0.496 e. The molecular weight excluding hydrogens is 322 g/mol. The fraction of sp³-hybridized carbons (Fsp3) is 0.429. The van der Waals surface area contributed by atoms with Crippen molar-refractivity contribution in [3.63, 3.8) is 0 Å². The van der Waals surface area contributed by atoms with Crippen molar-refractivity contribution in [3.8, 4) is 17.2 Å². The third kappa shape index (κ3) is 3.80. The van der Waals surface area contributed by atoms with Gasteiger partial charge >= 0.3 is 0 Å². The van der Waals surface area contributed by atoms with Crippen LogP contribution in [0.1, 0.15) is 26.7 Å².